The lowest BCUT2D eigenvalue weighted by Crippen LogP contribution is -2.12. The minimum absolute atomic E-state index is 0.0520. The summed E-state index contributed by atoms with van der Waals surface area (Å²) in [5.41, 5.74) is 3.60. The molecule has 0 amide bonds. The van der Waals surface area contributed by atoms with Crippen molar-refractivity contribution >= 4 is 0 Å². The molecule has 142 valence electrons. The second kappa shape index (κ2) is 7.61. The highest BCUT2D eigenvalue weighted by Crippen LogP contribution is 2.35. The third kappa shape index (κ3) is 4.72. The Balaban J connectivity index is 2.28. The normalized spacial score (nSPS) is 12.0. The molecule has 0 aliphatic heterocycles. The van der Waals surface area contributed by atoms with Gasteiger partial charge in [-0.1, -0.05) is 59.7 Å². The molecule has 0 fully saturated rings. The smallest absolute Gasteiger partial charge is 0.161 e. The largest absolute Gasteiger partial charge is 0.496 e. The summed E-state index contributed by atoms with van der Waals surface area (Å²) >= 11 is 0. The monoisotopic (exact) mass is 356 g/mol. The van der Waals surface area contributed by atoms with E-state index in [0.29, 0.717) is 6.61 Å². The number of rotatable bonds is 5. The van der Waals surface area contributed by atoms with Crippen LogP contribution in [0.2, 0.25) is 0 Å². The first kappa shape index (κ1) is 20.2. The summed E-state index contributed by atoms with van der Waals surface area (Å²) < 4.78 is 17.2. The molecular weight excluding hydrogens is 324 g/mol. The Bertz CT molecular complexity index is 749. The summed E-state index contributed by atoms with van der Waals surface area (Å²) in [6, 6.07) is 12.4. The van der Waals surface area contributed by atoms with Crippen molar-refractivity contribution in [3.05, 3.63) is 53.1 Å². The zero-order chi connectivity index (χ0) is 19.5. The van der Waals surface area contributed by atoms with E-state index >= 15 is 0 Å². The molecule has 3 nitrogen and oxygen atoms in total. The Morgan fingerprint density at radius 2 is 1.15 bits per heavy atom. The van der Waals surface area contributed by atoms with E-state index in [4.69, 9.17) is 14.2 Å². The van der Waals surface area contributed by atoms with Crippen molar-refractivity contribution in [1.82, 2.24) is 0 Å². The molecule has 0 unspecified atom stereocenters. The highest BCUT2D eigenvalue weighted by molar-refractivity contribution is 5.45. The van der Waals surface area contributed by atoms with E-state index in [-0.39, 0.29) is 10.8 Å². The van der Waals surface area contributed by atoms with Crippen molar-refractivity contribution in [3.63, 3.8) is 0 Å². The highest BCUT2D eigenvalue weighted by atomic mass is 16.5. The molecule has 0 radical (unpaired) electrons. The molecule has 0 aliphatic rings. The van der Waals surface area contributed by atoms with Crippen LogP contribution in [0.25, 0.3) is 0 Å². The van der Waals surface area contributed by atoms with Gasteiger partial charge in [-0.25, -0.2) is 0 Å². The number of hydrogen-bond acceptors (Lipinski definition) is 3. The van der Waals surface area contributed by atoms with Gasteiger partial charge in [-0.15, -0.1) is 0 Å². The molecule has 0 atom stereocenters. The summed E-state index contributed by atoms with van der Waals surface area (Å²) in [5, 5.41) is 0. The van der Waals surface area contributed by atoms with Gasteiger partial charge in [0, 0.05) is 5.56 Å². The van der Waals surface area contributed by atoms with Crippen LogP contribution in [0.3, 0.4) is 0 Å². The predicted molar refractivity (Wildman–Crippen MR) is 108 cm³/mol. The van der Waals surface area contributed by atoms with Gasteiger partial charge in [0.25, 0.3) is 0 Å². The first-order chi connectivity index (χ1) is 12.1. The van der Waals surface area contributed by atoms with E-state index in [1.54, 1.807) is 14.2 Å². The van der Waals surface area contributed by atoms with Gasteiger partial charge in [0.15, 0.2) is 11.5 Å². The van der Waals surface area contributed by atoms with Crippen LogP contribution in [0.15, 0.2) is 36.4 Å². The average Bonchev–Trinajstić information content (AvgIpc) is 2.57. The van der Waals surface area contributed by atoms with Crippen molar-refractivity contribution < 1.29 is 14.2 Å². The molecule has 0 aliphatic carbocycles. The Kier molecular flexibility index (Phi) is 5.90. The molecule has 0 aromatic heterocycles. The van der Waals surface area contributed by atoms with Crippen LogP contribution < -0.4 is 14.2 Å². The number of ether oxygens (including phenoxy) is 3. The van der Waals surface area contributed by atoms with Crippen molar-refractivity contribution in [1.29, 1.82) is 0 Å². The lowest BCUT2D eigenvalue weighted by atomic mass is 9.86. The van der Waals surface area contributed by atoms with E-state index in [2.05, 4.69) is 71.9 Å². The van der Waals surface area contributed by atoms with Crippen molar-refractivity contribution in [2.75, 3.05) is 14.2 Å². The molecule has 2 aromatic rings. The summed E-state index contributed by atoms with van der Waals surface area (Å²) in [4.78, 5) is 0. The van der Waals surface area contributed by atoms with E-state index in [0.717, 1.165) is 22.8 Å². The molecular formula is C23H32O3. The average molecular weight is 357 g/mol. The number of benzene rings is 2. The highest BCUT2D eigenvalue weighted by Gasteiger charge is 2.18. The fourth-order valence-corrected chi connectivity index (χ4v) is 2.74. The lowest BCUT2D eigenvalue weighted by molar-refractivity contribution is 0.277. The summed E-state index contributed by atoms with van der Waals surface area (Å²) in [5.74, 6) is 2.34. The predicted octanol–water partition coefficient (Wildman–Crippen LogP) is 5.88. The molecule has 3 heteroatoms. The van der Waals surface area contributed by atoms with Crippen molar-refractivity contribution in [3.8, 4) is 17.2 Å². The van der Waals surface area contributed by atoms with Gasteiger partial charge in [0.1, 0.15) is 12.4 Å². The fourth-order valence-electron chi connectivity index (χ4n) is 2.74. The third-order valence-corrected chi connectivity index (χ3v) is 4.57. The standard InChI is InChI=1S/C23H32O3/c1-22(2,3)17-10-9-16(20(13-17)25-8)15-26-21-14-18(23(4,5)6)11-12-19(21)24-7/h9-14H,15H2,1-8H3. The maximum Gasteiger partial charge on any atom is 0.161 e. The summed E-state index contributed by atoms with van der Waals surface area (Å²) in [6.07, 6.45) is 0. The fraction of sp³-hybridized carbons (Fsp3) is 0.478. The van der Waals surface area contributed by atoms with Gasteiger partial charge in [0.05, 0.1) is 14.2 Å². The number of hydrogen-bond donors (Lipinski definition) is 0. The van der Waals surface area contributed by atoms with E-state index in [1.807, 2.05) is 6.07 Å². The molecule has 0 saturated heterocycles. The van der Waals surface area contributed by atoms with Gasteiger partial charge in [0.2, 0.25) is 0 Å². The second-order valence-electron chi connectivity index (χ2n) is 8.68. The maximum absolute atomic E-state index is 6.11. The summed E-state index contributed by atoms with van der Waals surface area (Å²) in [6.45, 7) is 13.6. The molecule has 0 spiro atoms. The first-order valence-corrected chi connectivity index (χ1v) is 9.05. The van der Waals surface area contributed by atoms with Crippen LogP contribution in [-0.4, -0.2) is 14.2 Å². The van der Waals surface area contributed by atoms with Crippen LogP contribution in [0.5, 0.6) is 17.2 Å². The Hall–Kier alpha value is -2.16. The van der Waals surface area contributed by atoms with Gasteiger partial charge in [-0.3, -0.25) is 0 Å². The van der Waals surface area contributed by atoms with E-state index in [9.17, 15) is 0 Å². The molecule has 26 heavy (non-hydrogen) atoms. The van der Waals surface area contributed by atoms with E-state index in [1.165, 1.54) is 11.1 Å². The lowest BCUT2D eigenvalue weighted by Gasteiger charge is -2.22. The number of methoxy groups -OCH3 is 2. The van der Waals surface area contributed by atoms with Crippen LogP contribution in [0.4, 0.5) is 0 Å². The van der Waals surface area contributed by atoms with Gasteiger partial charge >= 0.3 is 0 Å². The topological polar surface area (TPSA) is 27.7 Å². The molecule has 0 saturated carbocycles. The van der Waals surface area contributed by atoms with Crippen LogP contribution >= 0.6 is 0 Å². The quantitative estimate of drug-likeness (QED) is 0.670. The molecule has 2 rings (SSSR count). The minimum atomic E-state index is 0.0520. The Labute approximate surface area is 158 Å². The molecule has 2 aromatic carbocycles. The van der Waals surface area contributed by atoms with Crippen LogP contribution in [0, 0.1) is 0 Å². The zero-order valence-corrected chi connectivity index (χ0v) is 17.4. The maximum atomic E-state index is 6.11. The van der Waals surface area contributed by atoms with Gasteiger partial charge < -0.3 is 14.2 Å². The van der Waals surface area contributed by atoms with Crippen molar-refractivity contribution in [2.45, 2.75) is 59.0 Å². The van der Waals surface area contributed by atoms with Gasteiger partial charge in [-0.2, -0.15) is 0 Å². The Morgan fingerprint density at radius 3 is 1.65 bits per heavy atom. The summed E-state index contributed by atoms with van der Waals surface area (Å²) in [7, 11) is 3.36. The van der Waals surface area contributed by atoms with E-state index < -0.39 is 0 Å². The SMILES string of the molecule is COc1cc(C(C)(C)C)ccc1COc1cc(C(C)(C)C)ccc1OC. The van der Waals surface area contributed by atoms with Crippen LogP contribution in [0.1, 0.15) is 58.2 Å². The third-order valence-electron chi connectivity index (χ3n) is 4.57. The van der Waals surface area contributed by atoms with Crippen LogP contribution in [-0.2, 0) is 17.4 Å². The molecule has 0 N–H and O–H groups in total. The second-order valence-corrected chi connectivity index (χ2v) is 8.68. The first-order valence-electron chi connectivity index (χ1n) is 9.05. The molecule has 0 bridgehead atoms. The van der Waals surface area contributed by atoms with Crippen molar-refractivity contribution in [2.24, 2.45) is 0 Å². The molecule has 0 heterocycles. The minimum Gasteiger partial charge on any atom is -0.496 e. The zero-order valence-electron chi connectivity index (χ0n) is 17.4. The Morgan fingerprint density at radius 1 is 0.654 bits per heavy atom. The van der Waals surface area contributed by atoms with Gasteiger partial charge in [-0.05, 0) is 40.2 Å².